The lowest BCUT2D eigenvalue weighted by atomic mass is 9.51. The van der Waals surface area contributed by atoms with E-state index in [0.29, 0.717) is 0 Å². The zero-order valence-corrected chi connectivity index (χ0v) is 9.15. The van der Waals surface area contributed by atoms with Gasteiger partial charge in [0.25, 0.3) is 0 Å². The van der Waals surface area contributed by atoms with Crippen LogP contribution in [-0.4, -0.2) is 21.7 Å². The molecule has 4 bridgehead atoms. The maximum Gasteiger partial charge on any atom is 0.0670 e. The first-order valence-electron chi connectivity index (χ1n) is 5.08. The van der Waals surface area contributed by atoms with Crippen molar-refractivity contribution in [3.63, 3.8) is 0 Å². The van der Waals surface area contributed by atoms with Crippen LogP contribution in [0.1, 0.15) is 38.5 Å². The fourth-order valence-electron chi connectivity index (χ4n) is 4.28. The van der Waals surface area contributed by atoms with Gasteiger partial charge in [-0.2, -0.15) is 0 Å². The van der Waals surface area contributed by atoms with E-state index in [4.69, 9.17) is 5.73 Å². The van der Waals surface area contributed by atoms with E-state index in [-0.39, 0.29) is 29.0 Å². The van der Waals surface area contributed by atoms with Crippen LogP contribution in [0.5, 0.6) is 0 Å². The van der Waals surface area contributed by atoms with Crippen LogP contribution < -0.4 is 5.73 Å². The topological polar surface area (TPSA) is 77.8 Å². The zero-order valence-electron chi connectivity index (χ0n) is 8.33. The Morgan fingerprint density at radius 2 is 1.57 bits per heavy atom. The molecular formula is C10H20ClNO2. The molecular weight excluding hydrogens is 202 g/mol. The molecule has 4 heteroatoms. The maximum atomic E-state index is 10.2. The smallest absolute Gasteiger partial charge is 0.0670 e. The molecule has 4 fully saturated rings. The number of halogens is 1. The van der Waals surface area contributed by atoms with Gasteiger partial charge in [-0.1, -0.05) is 0 Å². The average molecular weight is 222 g/mol. The van der Waals surface area contributed by atoms with Crippen molar-refractivity contribution < 1.29 is 10.6 Å². The summed E-state index contributed by atoms with van der Waals surface area (Å²) >= 11 is 0. The van der Waals surface area contributed by atoms with Gasteiger partial charge < -0.3 is 16.3 Å². The minimum Gasteiger partial charge on any atom is -0.412 e. The SMILES string of the molecule is Cl.NC12CC3CC(C1)CC(O)(C3)C2.O. The monoisotopic (exact) mass is 221 g/mol. The molecule has 0 spiro atoms. The van der Waals surface area contributed by atoms with Crippen molar-refractivity contribution >= 4 is 12.4 Å². The molecule has 0 heterocycles. The molecule has 5 N–H and O–H groups in total. The molecule has 14 heavy (non-hydrogen) atoms. The number of aliphatic hydroxyl groups is 1. The number of rotatable bonds is 0. The fourth-order valence-corrected chi connectivity index (χ4v) is 4.28. The molecule has 4 aliphatic rings. The molecule has 0 saturated heterocycles. The molecule has 0 aromatic carbocycles. The van der Waals surface area contributed by atoms with Crippen LogP contribution in [0.25, 0.3) is 0 Å². The summed E-state index contributed by atoms with van der Waals surface area (Å²) in [6.45, 7) is 0. The highest BCUT2D eigenvalue weighted by atomic mass is 35.5. The predicted molar refractivity (Wildman–Crippen MR) is 57.4 cm³/mol. The minimum atomic E-state index is -0.362. The van der Waals surface area contributed by atoms with Crippen molar-refractivity contribution in [2.45, 2.75) is 49.7 Å². The van der Waals surface area contributed by atoms with E-state index in [1.54, 1.807) is 0 Å². The second kappa shape index (κ2) is 3.34. The summed E-state index contributed by atoms with van der Waals surface area (Å²) in [6.07, 6.45) is 6.61. The van der Waals surface area contributed by atoms with Gasteiger partial charge in [0.05, 0.1) is 5.60 Å². The zero-order chi connectivity index (χ0) is 8.40. The van der Waals surface area contributed by atoms with Crippen LogP contribution in [0.4, 0.5) is 0 Å². The summed E-state index contributed by atoms with van der Waals surface area (Å²) in [6, 6.07) is 0. The first-order chi connectivity index (χ1) is 5.57. The third-order valence-electron chi connectivity index (χ3n) is 4.08. The Labute approximate surface area is 90.8 Å². The predicted octanol–water partition coefficient (Wildman–Crippen LogP) is 0.626. The van der Waals surface area contributed by atoms with Gasteiger partial charge in [-0.05, 0) is 50.4 Å². The van der Waals surface area contributed by atoms with Crippen molar-refractivity contribution in [2.24, 2.45) is 17.6 Å². The van der Waals surface area contributed by atoms with Crippen LogP contribution in [0.3, 0.4) is 0 Å². The summed E-state index contributed by atoms with van der Waals surface area (Å²) in [4.78, 5) is 0. The number of nitrogens with two attached hydrogens (primary N) is 1. The Hall–Kier alpha value is 0.170. The Balaban J connectivity index is 0.000000490. The maximum absolute atomic E-state index is 10.2. The summed E-state index contributed by atoms with van der Waals surface area (Å²) in [5.74, 6) is 1.47. The second-order valence-corrected chi connectivity index (χ2v) is 5.55. The highest BCUT2D eigenvalue weighted by Crippen LogP contribution is 2.56. The lowest BCUT2D eigenvalue weighted by Gasteiger charge is -2.58. The van der Waals surface area contributed by atoms with Crippen molar-refractivity contribution in [2.75, 3.05) is 0 Å². The van der Waals surface area contributed by atoms with Gasteiger partial charge in [0.15, 0.2) is 0 Å². The summed E-state index contributed by atoms with van der Waals surface area (Å²) in [5.41, 5.74) is 5.90. The van der Waals surface area contributed by atoms with E-state index in [0.717, 1.165) is 31.1 Å². The van der Waals surface area contributed by atoms with E-state index in [1.807, 2.05) is 0 Å². The van der Waals surface area contributed by atoms with E-state index in [9.17, 15) is 5.11 Å². The van der Waals surface area contributed by atoms with Crippen molar-refractivity contribution in [3.05, 3.63) is 0 Å². The van der Waals surface area contributed by atoms with Gasteiger partial charge >= 0.3 is 0 Å². The van der Waals surface area contributed by atoms with Crippen LogP contribution >= 0.6 is 12.4 Å². The molecule has 0 amide bonds. The molecule has 2 unspecified atom stereocenters. The Morgan fingerprint density at radius 3 is 1.93 bits per heavy atom. The van der Waals surface area contributed by atoms with Gasteiger partial charge in [-0.25, -0.2) is 0 Å². The first-order valence-corrected chi connectivity index (χ1v) is 5.08. The van der Waals surface area contributed by atoms with Gasteiger partial charge in [0.2, 0.25) is 0 Å². The molecule has 0 radical (unpaired) electrons. The minimum absolute atomic E-state index is 0. The van der Waals surface area contributed by atoms with Crippen molar-refractivity contribution in [1.82, 2.24) is 0 Å². The molecule has 0 aliphatic heterocycles. The highest BCUT2D eigenvalue weighted by Gasteiger charge is 2.55. The summed E-state index contributed by atoms with van der Waals surface area (Å²) in [7, 11) is 0. The van der Waals surface area contributed by atoms with Crippen LogP contribution in [0, 0.1) is 11.8 Å². The van der Waals surface area contributed by atoms with Crippen LogP contribution in [-0.2, 0) is 0 Å². The van der Waals surface area contributed by atoms with E-state index < -0.39 is 0 Å². The molecule has 3 nitrogen and oxygen atoms in total. The quantitative estimate of drug-likeness (QED) is 0.629. The molecule has 0 aromatic rings. The molecule has 0 aromatic heterocycles. The standard InChI is InChI=1S/C10H17NO.ClH.H2O/c11-9-2-7-1-8(3-9)5-10(12,4-7)6-9;;/h7-8,12H,1-6,11H2;1H;1H2. The molecule has 4 aliphatic carbocycles. The van der Waals surface area contributed by atoms with E-state index in [2.05, 4.69) is 0 Å². The Bertz CT molecular complexity index is 200. The van der Waals surface area contributed by atoms with Gasteiger partial charge in [0.1, 0.15) is 0 Å². The lowest BCUT2D eigenvalue weighted by Crippen LogP contribution is -2.62. The van der Waals surface area contributed by atoms with Gasteiger partial charge in [-0.15, -0.1) is 12.4 Å². The number of hydrogen-bond acceptors (Lipinski definition) is 2. The Morgan fingerprint density at radius 1 is 1.07 bits per heavy atom. The normalized spacial score (nSPS) is 53.6. The first kappa shape index (κ1) is 12.2. The summed E-state index contributed by atoms with van der Waals surface area (Å²) in [5, 5.41) is 10.2. The van der Waals surface area contributed by atoms with E-state index in [1.165, 1.54) is 19.3 Å². The molecule has 84 valence electrons. The third kappa shape index (κ3) is 1.67. The molecule has 2 atom stereocenters. The van der Waals surface area contributed by atoms with E-state index >= 15 is 0 Å². The van der Waals surface area contributed by atoms with Gasteiger partial charge in [-0.3, -0.25) is 0 Å². The average Bonchev–Trinajstić information content (AvgIpc) is 1.75. The lowest BCUT2D eigenvalue weighted by molar-refractivity contribution is -0.133. The molecule has 4 rings (SSSR count). The third-order valence-corrected chi connectivity index (χ3v) is 4.08. The highest BCUT2D eigenvalue weighted by molar-refractivity contribution is 5.85. The van der Waals surface area contributed by atoms with Crippen molar-refractivity contribution in [3.8, 4) is 0 Å². The summed E-state index contributed by atoms with van der Waals surface area (Å²) < 4.78 is 0. The van der Waals surface area contributed by atoms with Crippen LogP contribution in [0.2, 0.25) is 0 Å². The largest absolute Gasteiger partial charge is 0.412 e. The Kier molecular flexibility index (Phi) is 2.92. The van der Waals surface area contributed by atoms with Crippen molar-refractivity contribution in [1.29, 1.82) is 0 Å². The number of hydrogen-bond donors (Lipinski definition) is 2. The van der Waals surface area contributed by atoms with Crippen LogP contribution in [0.15, 0.2) is 0 Å². The fraction of sp³-hybridized carbons (Fsp3) is 1.00. The van der Waals surface area contributed by atoms with Gasteiger partial charge in [0, 0.05) is 5.54 Å². The molecule has 4 saturated carbocycles. The second-order valence-electron chi connectivity index (χ2n) is 5.55.